The third-order valence-corrected chi connectivity index (χ3v) is 3.70. The van der Waals surface area contributed by atoms with Gasteiger partial charge in [-0.15, -0.1) is 0 Å². The van der Waals surface area contributed by atoms with Crippen LogP contribution in [-0.4, -0.2) is 13.0 Å². The zero-order valence-corrected chi connectivity index (χ0v) is 9.37. The number of nitrogens with two attached hydrogens (primary N) is 1. The lowest BCUT2D eigenvalue weighted by Crippen LogP contribution is -2.44. The number of benzene rings is 1. The van der Waals surface area contributed by atoms with Gasteiger partial charge in [0.2, 0.25) is 0 Å². The van der Waals surface area contributed by atoms with E-state index in [4.69, 9.17) is 10.3 Å². The zero-order chi connectivity index (χ0) is 11.5. The molecule has 0 spiro atoms. The quantitative estimate of drug-likeness (QED) is 0.766. The van der Waals surface area contributed by atoms with Gasteiger partial charge in [-0.25, -0.2) is 0 Å². The van der Waals surface area contributed by atoms with E-state index in [1.165, 1.54) is 0 Å². The van der Waals surface area contributed by atoms with Crippen LogP contribution in [0.4, 0.5) is 0 Å². The lowest BCUT2D eigenvalue weighted by molar-refractivity contribution is 0.413. The fourth-order valence-electron chi connectivity index (χ4n) is 1.51. The summed E-state index contributed by atoms with van der Waals surface area (Å²) in [5.74, 6) is 0. The van der Waals surface area contributed by atoms with E-state index >= 15 is 0 Å². The summed E-state index contributed by atoms with van der Waals surface area (Å²) in [7, 11) is -4.30. The Morgan fingerprint density at radius 1 is 1.33 bits per heavy atom. The van der Waals surface area contributed by atoms with Crippen molar-refractivity contribution in [2.45, 2.75) is 24.6 Å². The molecule has 0 aromatic heterocycles. The third kappa shape index (κ3) is 2.37. The zero-order valence-electron chi connectivity index (χ0n) is 8.55. The summed E-state index contributed by atoms with van der Waals surface area (Å²) in [5.41, 5.74) is 6.18. The van der Waals surface area contributed by atoms with Crippen LogP contribution < -0.4 is 5.73 Å². The van der Waals surface area contributed by atoms with Gasteiger partial charge in [-0.1, -0.05) is 43.7 Å². The smallest absolute Gasteiger partial charge is 0.288 e. The van der Waals surface area contributed by atoms with Crippen LogP contribution in [-0.2, 0) is 15.0 Å². The molecular weight excluding hydrogens is 214 g/mol. The highest BCUT2D eigenvalue weighted by Gasteiger charge is 2.39. The van der Waals surface area contributed by atoms with Gasteiger partial charge < -0.3 is 5.73 Å². The molecule has 0 fully saturated rings. The molecule has 1 aromatic carbocycles. The Balaban J connectivity index is 3.26. The number of hydrogen-bond donors (Lipinski definition) is 2. The molecule has 4 nitrogen and oxygen atoms in total. The standard InChI is InChI=1S/C10H15NO3S/c1-2-8-10(11,15(12,13)14)9-6-4-3-5-7-9/h3-7H,2,8,11H2,1H3,(H,12,13,14). The SMILES string of the molecule is CCCC(N)(c1ccccc1)S(=O)(=O)O. The summed E-state index contributed by atoms with van der Waals surface area (Å²) in [6, 6.07) is 8.35. The minimum atomic E-state index is -4.30. The average molecular weight is 229 g/mol. The van der Waals surface area contributed by atoms with Gasteiger partial charge in [-0.05, 0) is 12.0 Å². The van der Waals surface area contributed by atoms with Crippen LogP contribution in [0.1, 0.15) is 25.3 Å². The molecule has 1 unspecified atom stereocenters. The molecule has 0 bridgehead atoms. The molecule has 3 N–H and O–H groups in total. The second-order valence-electron chi connectivity index (χ2n) is 3.48. The van der Waals surface area contributed by atoms with Crippen molar-refractivity contribution < 1.29 is 13.0 Å². The van der Waals surface area contributed by atoms with Crippen LogP contribution in [0, 0.1) is 0 Å². The van der Waals surface area contributed by atoms with E-state index in [-0.39, 0.29) is 6.42 Å². The Bertz CT molecular complexity index is 416. The van der Waals surface area contributed by atoms with Crippen LogP contribution in [0.3, 0.4) is 0 Å². The first kappa shape index (κ1) is 12.2. The van der Waals surface area contributed by atoms with Crippen LogP contribution >= 0.6 is 0 Å². The maximum atomic E-state index is 11.3. The minimum Gasteiger partial charge on any atom is -0.307 e. The average Bonchev–Trinajstić information content (AvgIpc) is 2.18. The predicted octanol–water partition coefficient (Wildman–Crippen LogP) is 1.49. The second-order valence-corrected chi connectivity index (χ2v) is 5.16. The van der Waals surface area contributed by atoms with Gasteiger partial charge in [0.25, 0.3) is 10.1 Å². The van der Waals surface area contributed by atoms with Crippen molar-refractivity contribution in [2.75, 3.05) is 0 Å². The highest BCUT2D eigenvalue weighted by atomic mass is 32.2. The third-order valence-electron chi connectivity index (χ3n) is 2.34. The maximum absolute atomic E-state index is 11.3. The molecule has 0 saturated carbocycles. The first-order chi connectivity index (χ1) is 6.92. The lowest BCUT2D eigenvalue weighted by Gasteiger charge is -2.25. The van der Waals surface area contributed by atoms with E-state index in [1.807, 2.05) is 6.92 Å². The molecule has 1 atom stereocenters. The molecule has 0 saturated heterocycles. The van der Waals surface area contributed by atoms with Gasteiger partial charge in [0.05, 0.1) is 0 Å². The number of hydrogen-bond acceptors (Lipinski definition) is 3. The largest absolute Gasteiger partial charge is 0.307 e. The van der Waals surface area contributed by atoms with Crippen molar-refractivity contribution in [2.24, 2.45) is 5.73 Å². The monoisotopic (exact) mass is 229 g/mol. The minimum absolute atomic E-state index is 0.190. The Hall–Kier alpha value is -0.910. The highest BCUT2D eigenvalue weighted by Crippen LogP contribution is 2.28. The summed E-state index contributed by atoms with van der Waals surface area (Å²) in [6.07, 6.45) is 0.765. The molecular formula is C10H15NO3S. The van der Waals surface area contributed by atoms with Crippen molar-refractivity contribution >= 4 is 10.1 Å². The molecule has 0 aliphatic rings. The lowest BCUT2D eigenvalue weighted by atomic mass is 10.0. The van der Waals surface area contributed by atoms with Crippen molar-refractivity contribution in [1.82, 2.24) is 0 Å². The van der Waals surface area contributed by atoms with E-state index in [2.05, 4.69) is 0 Å². The predicted molar refractivity (Wildman–Crippen MR) is 58.8 cm³/mol. The number of rotatable bonds is 4. The van der Waals surface area contributed by atoms with Crippen LogP contribution in [0.15, 0.2) is 30.3 Å². The van der Waals surface area contributed by atoms with Gasteiger partial charge in [-0.2, -0.15) is 8.42 Å². The fraction of sp³-hybridized carbons (Fsp3) is 0.400. The van der Waals surface area contributed by atoms with Crippen molar-refractivity contribution in [3.05, 3.63) is 35.9 Å². The van der Waals surface area contributed by atoms with Crippen molar-refractivity contribution in [3.63, 3.8) is 0 Å². The Morgan fingerprint density at radius 2 is 1.87 bits per heavy atom. The molecule has 0 aliphatic heterocycles. The molecule has 1 aromatic rings. The van der Waals surface area contributed by atoms with E-state index < -0.39 is 15.0 Å². The second kappa shape index (κ2) is 4.30. The summed E-state index contributed by atoms with van der Waals surface area (Å²) in [5, 5.41) is 0. The topological polar surface area (TPSA) is 80.4 Å². The molecule has 84 valence electrons. The summed E-state index contributed by atoms with van der Waals surface area (Å²) >= 11 is 0. The van der Waals surface area contributed by atoms with Crippen LogP contribution in [0.5, 0.6) is 0 Å². The van der Waals surface area contributed by atoms with E-state index in [1.54, 1.807) is 30.3 Å². The van der Waals surface area contributed by atoms with Gasteiger partial charge in [0.1, 0.15) is 0 Å². The molecule has 15 heavy (non-hydrogen) atoms. The maximum Gasteiger partial charge on any atom is 0.288 e. The van der Waals surface area contributed by atoms with Gasteiger partial charge in [0.15, 0.2) is 4.87 Å². The van der Waals surface area contributed by atoms with Crippen molar-refractivity contribution in [3.8, 4) is 0 Å². The molecule has 1 rings (SSSR count). The summed E-state index contributed by atoms with van der Waals surface area (Å²) in [6.45, 7) is 1.82. The van der Waals surface area contributed by atoms with Gasteiger partial charge in [0, 0.05) is 0 Å². The first-order valence-electron chi connectivity index (χ1n) is 4.73. The Morgan fingerprint density at radius 3 is 2.27 bits per heavy atom. The molecule has 0 radical (unpaired) electrons. The van der Waals surface area contributed by atoms with E-state index in [9.17, 15) is 8.42 Å². The Labute approximate surface area is 89.9 Å². The Kier molecular flexibility index (Phi) is 3.49. The van der Waals surface area contributed by atoms with Gasteiger partial charge in [-0.3, -0.25) is 4.55 Å². The molecule has 5 heteroatoms. The van der Waals surface area contributed by atoms with E-state index in [0.29, 0.717) is 12.0 Å². The molecule has 0 amide bonds. The first-order valence-corrected chi connectivity index (χ1v) is 6.17. The van der Waals surface area contributed by atoms with Crippen molar-refractivity contribution in [1.29, 1.82) is 0 Å². The van der Waals surface area contributed by atoms with Gasteiger partial charge >= 0.3 is 0 Å². The van der Waals surface area contributed by atoms with Crippen LogP contribution in [0.25, 0.3) is 0 Å². The highest BCUT2D eigenvalue weighted by molar-refractivity contribution is 7.86. The summed E-state index contributed by atoms with van der Waals surface area (Å²) in [4.78, 5) is -1.69. The van der Waals surface area contributed by atoms with E-state index in [0.717, 1.165) is 0 Å². The fourth-order valence-corrected chi connectivity index (χ4v) is 2.41. The van der Waals surface area contributed by atoms with Crippen LogP contribution in [0.2, 0.25) is 0 Å². The normalized spacial score (nSPS) is 15.9. The molecule has 0 aliphatic carbocycles. The molecule has 0 heterocycles. The summed E-state index contributed by atoms with van der Waals surface area (Å²) < 4.78 is 31.7.